The minimum atomic E-state index is -0.243. The Balaban J connectivity index is 2.06. The van der Waals surface area contributed by atoms with Gasteiger partial charge >= 0.3 is 0 Å². The van der Waals surface area contributed by atoms with Gasteiger partial charge in [-0.1, -0.05) is 12.1 Å². The van der Waals surface area contributed by atoms with Gasteiger partial charge in [0.05, 0.1) is 12.7 Å². The molecule has 3 nitrogen and oxygen atoms in total. The Hall–Kier alpha value is -2.75. The summed E-state index contributed by atoms with van der Waals surface area (Å²) in [5.74, 6) is 0.251. The van der Waals surface area contributed by atoms with Gasteiger partial charge in [0, 0.05) is 11.6 Å². The molecular weight excluding hydrogens is 293 g/mol. The molecule has 3 rings (SSSR count). The van der Waals surface area contributed by atoms with Crippen LogP contribution in [0.2, 0.25) is 0 Å². The molecule has 3 aromatic rings. The van der Waals surface area contributed by atoms with E-state index < -0.39 is 0 Å². The van der Waals surface area contributed by atoms with E-state index in [1.807, 2.05) is 13.0 Å². The fraction of sp³-hybridized carbons (Fsp3) is 0.158. The van der Waals surface area contributed by atoms with Crippen LogP contribution >= 0.6 is 0 Å². The number of fused-ring (bicyclic) bond motifs is 1. The third kappa shape index (κ3) is 2.93. The van der Waals surface area contributed by atoms with Gasteiger partial charge in [0.1, 0.15) is 11.3 Å². The van der Waals surface area contributed by atoms with Crippen LogP contribution < -0.4 is 4.74 Å². The van der Waals surface area contributed by atoms with Gasteiger partial charge < -0.3 is 4.74 Å². The number of ether oxygens (including phenoxy) is 1. The van der Waals surface area contributed by atoms with Crippen molar-refractivity contribution in [3.05, 3.63) is 70.7 Å². The second kappa shape index (κ2) is 6.16. The Bertz CT molecular complexity index is 873. The Morgan fingerprint density at radius 3 is 2.57 bits per heavy atom. The van der Waals surface area contributed by atoms with E-state index >= 15 is 0 Å². The van der Waals surface area contributed by atoms with Gasteiger partial charge in [-0.25, -0.2) is 4.39 Å². The molecule has 4 heteroatoms. The quantitative estimate of drug-likeness (QED) is 0.681. The Kier molecular flexibility index (Phi) is 4.06. The van der Waals surface area contributed by atoms with Gasteiger partial charge in [0.2, 0.25) is 0 Å². The van der Waals surface area contributed by atoms with Crippen LogP contribution in [-0.4, -0.2) is 18.4 Å². The number of benzene rings is 2. The molecule has 0 atom stereocenters. The van der Waals surface area contributed by atoms with Gasteiger partial charge in [-0.3, -0.25) is 9.78 Å². The number of halogens is 1. The minimum Gasteiger partial charge on any atom is -0.494 e. The van der Waals surface area contributed by atoms with E-state index in [2.05, 4.69) is 4.98 Å². The first-order valence-corrected chi connectivity index (χ1v) is 7.28. The van der Waals surface area contributed by atoms with E-state index in [1.165, 1.54) is 19.2 Å². The number of aryl methyl sites for hydroxylation is 1. The zero-order chi connectivity index (χ0) is 16.4. The Morgan fingerprint density at radius 1 is 1.17 bits per heavy atom. The maximum absolute atomic E-state index is 13.0. The van der Waals surface area contributed by atoms with Crippen LogP contribution in [0.5, 0.6) is 5.75 Å². The topological polar surface area (TPSA) is 39.2 Å². The number of aromatic nitrogens is 1. The predicted molar refractivity (Wildman–Crippen MR) is 87.6 cm³/mol. The monoisotopic (exact) mass is 309 g/mol. The highest BCUT2D eigenvalue weighted by atomic mass is 19.1. The van der Waals surface area contributed by atoms with Crippen molar-refractivity contribution in [3.8, 4) is 5.75 Å². The minimum absolute atomic E-state index is 0.243. The normalized spacial score (nSPS) is 10.7. The molecule has 0 fully saturated rings. The standard InChI is InChI=1S/C19H16FNO2/c1-12-7-15(11-22)19(23-2)18-17(12)9-14(10-21-18)8-13-3-5-16(20)6-4-13/h3-7,9-11H,8H2,1-2H3. The maximum atomic E-state index is 13.0. The van der Waals surface area contributed by atoms with Crippen LogP contribution in [0.4, 0.5) is 4.39 Å². The van der Waals surface area contributed by atoms with E-state index in [-0.39, 0.29) is 5.82 Å². The molecule has 0 aliphatic carbocycles. The first-order chi connectivity index (χ1) is 11.1. The average molecular weight is 309 g/mol. The van der Waals surface area contributed by atoms with Crippen molar-refractivity contribution in [2.45, 2.75) is 13.3 Å². The van der Waals surface area contributed by atoms with E-state index in [0.717, 1.165) is 28.4 Å². The molecule has 0 radical (unpaired) electrons. The lowest BCUT2D eigenvalue weighted by Crippen LogP contribution is -1.98. The fourth-order valence-electron chi connectivity index (χ4n) is 2.74. The number of pyridine rings is 1. The molecule has 0 N–H and O–H groups in total. The smallest absolute Gasteiger partial charge is 0.155 e. The molecule has 1 heterocycles. The summed E-state index contributed by atoms with van der Waals surface area (Å²) in [6, 6.07) is 10.3. The molecule has 0 saturated carbocycles. The highest BCUT2D eigenvalue weighted by Gasteiger charge is 2.12. The number of carbonyl (C=O) groups excluding carboxylic acids is 1. The van der Waals surface area contributed by atoms with Crippen molar-refractivity contribution in [1.29, 1.82) is 0 Å². The van der Waals surface area contributed by atoms with Crippen molar-refractivity contribution in [1.82, 2.24) is 4.98 Å². The highest BCUT2D eigenvalue weighted by molar-refractivity contribution is 5.96. The first kappa shape index (κ1) is 15.2. The van der Waals surface area contributed by atoms with Gasteiger partial charge in [0.15, 0.2) is 12.0 Å². The lowest BCUT2D eigenvalue weighted by Gasteiger charge is -2.11. The van der Waals surface area contributed by atoms with Crippen molar-refractivity contribution in [2.24, 2.45) is 0 Å². The van der Waals surface area contributed by atoms with Crippen molar-refractivity contribution in [2.75, 3.05) is 7.11 Å². The summed E-state index contributed by atoms with van der Waals surface area (Å²) in [5, 5.41) is 0.951. The van der Waals surface area contributed by atoms with Crippen LogP contribution in [-0.2, 0) is 6.42 Å². The van der Waals surface area contributed by atoms with E-state index in [9.17, 15) is 9.18 Å². The molecule has 0 saturated heterocycles. The lowest BCUT2D eigenvalue weighted by molar-refractivity contribution is 0.112. The summed E-state index contributed by atoms with van der Waals surface area (Å²) < 4.78 is 18.3. The molecule has 23 heavy (non-hydrogen) atoms. The summed E-state index contributed by atoms with van der Waals surface area (Å²) in [6.45, 7) is 1.94. The second-order valence-electron chi connectivity index (χ2n) is 5.48. The zero-order valence-corrected chi connectivity index (χ0v) is 13.0. The van der Waals surface area contributed by atoms with Gasteiger partial charge in [-0.05, 0) is 54.3 Å². The van der Waals surface area contributed by atoms with Crippen LogP contribution in [0.25, 0.3) is 10.9 Å². The zero-order valence-electron chi connectivity index (χ0n) is 13.0. The van der Waals surface area contributed by atoms with E-state index in [1.54, 1.807) is 24.4 Å². The highest BCUT2D eigenvalue weighted by Crippen LogP contribution is 2.30. The Labute approximate surface area is 133 Å². The van der Waals surface area contributed by atoms with Crippen LogP contribution in [0.3, 0.4) is 0 Å². The SMILES string of the molecule is COc1c(C=O)cc(C)c2cc(Cc3ccc(F)cc3)cnc12. The molecule has 1 aromatic heterocycles. The number of hydrogen-bond donors (Lipinski definition) is 0. The summed E-state index contributed by atoms with van der Waals surface area (Å²) in [4.78, 5) is 15.7. The number of carbonyl (C=O) groups is 1. The van der Waals surface area contributed by atoms with Crippen LogP contribution in [0.1, 0.15) is 27.0 Å². The largest absolute Gasteiger partial charge is 0.494 e. The van der Waals surface area contributed by atoms with Crippen molar-refractivity contribution >= 4 is 17.2 Å². The van der Waals surface area contributed by atoms with E-state index in [4.69, 9.17) is 4.74 Å². The molecule has 116 valence electrons. The van der Waals surface area contributed by atoms with Gasteiger partial charge in [-0.15, -0.1) is 0 Å². The molecular formula is C19H16FNO2. The Morgan fingerprint density at radius 2 is 1.91 bits per heavy atom. The molecule has 0 spiro atoms. The molecule has 2 aromatic carbocycles. The van der Waals surface area contributed by atoms with E-state index in [0.29, 0.717) is 23.3 Å². The molecule has 0 aliphatic heterocycles. The second-order valence-corrected chi connectivity index (χ2v) is 5.48. The van der Waals surface area contributed by atoms with Crippen molar-refractivity contribution < 1.29 is 13.9 Å². The summed E-state index contributed by atoms with van der Waals surface area (Å²) >= 11 is 0. The summed E-state index contributed by atoms with van der Waals surface area (Å²) in [5.41, 5.74) is 4.18. The molecule has 0 aliphatic rings. The number of methoxy groups -OCH3 is 1. The lowest BCUT2D eigenvalue weighted by atomic mass is 10.0. The average Bonchev–Trinajstić information content (AvgIpc) is 2.57. The molecule has 0 bridgehead atoms. The van der Waals surface area contributed by atoms with Crippen LogP contribution in [0, 0.1) is 12.7 Å². The van der Waals surface area contributed by atoms with Crippen molar-refractivity contribution in [3.63, 3.8) is 0 Å². The number of rotatable bonds is 4. The third-order valence-corrected chi connectivity index (χ3v) is 3.87. The number of hydrogen-bond acceptors (Lipinski definition) is 3. The van der Waals surface area contributed by atoms with Gasteiger partial charge in [0.25, 0.3) is 0 Å². The summed E-state index contributed by atoms with van der Waals surface area (Å²) in [7, 11) is 1.53. The predicted octanol–water partition coefficient (Wildman–Crippen LogP) is 4.09. The first-order valence-electron chi connectivity index (χ1n) is 7.28. The molecule has 0 amide bonds. The van der Waals surface area contributed by atoms with Gasteiger partial charge in [-0.2, -0.15) is 0 Å². The fourth-order valence-corrected chi connectivity index (χ4v) is 2.74. The third-order valence-electron chi connectivity index (χ3n) is 3.87. The maximum Gasteiger partial charge on any atom is 0.155 e. The van der Waals surface area contributed by atoms with Crippen LogP contribution in [0.15, 0.2) is 42.6 Å². The molecule has 0 unspecified atom stereocenters. The number of nitrogens with zero attached hydrogens (tertiary/aromatic N) is 1. The number of aldehydes is 1. The summed E-state index contributed by atoms with van der Waals surface area (Å²) in [6.07, 6.45) is 3.21.